The minimum Gasteiger partial charge on any atom is -0.493 e. The Morgan fingerprint density at radius 2 is 2.21 bits per heavy atom. The van der Waals surface area contributed by atoms with Crippen molar-refractivity contribution < 1.29 is 19.4 Å². The quantitative estimate of drug-likeness (QED) is 0.911. The minimum atomic E-state index is -1.00. The number of nitrogens with zero attached hydrogens (tertiary/aromatic N) is 1. The maximum atomic E-state index is 10.9. The third-order valence-corrected chi connectivity index (χ3v) is 3.28. The molecule has 1 heterocycles. The summed E-state index contributed by atoms with van der Waals surface area (Å²) in [6.07, 6.45) is 0. The number of aryl methyl sites for hydroxylation is 1. The predicted octanol–water partition coefficient (Wildman–Crippen LogP) is 2.74. The molecule has 0 radical (unpaired) electrons. The molecule has 1 aromatic heterocycles. The molecule has 0 aliphatic heterocycles. The summed E-state index contributed by atoms with van der Waals surface area (Å²) in [4.78, 5) is 15.2. The Labute approximate surface area is 114 Å². The fourth-order valence-corrected chi connectivity index (χ4v) is 2.15. The van der Waals surface area contributed by atoms with E-state index in [0.29, 0.717) is 11.5 Å². The van der Waals surface area contributed by atoms with Gasteiger partial charge in [-0.15, -0.1) is 11.3 Å². The standard InChI is InChI=1S/C13H13NO4S/c1-8-14-10(7-19-8)6-18-12-5-9(13(15)16)3-4-11(12)17-2/h3-5,7H,6H2,1-2H3,(H,15,16). The number of carbonyl (C=O) groups is 1. The topological polar surface area (TPSA) is 68.7 Å². The van der Waals surface area contributed by atoms with Crippen LogP contribution in [0.15, 0.2) is 23.6 Å². The van der Waals surface area contributed by atoms with Crippen LogP contribution in [0.3, 0.4) is 0 Å². The normalized spacial score (nSPS) is 10.2. The number of aromatic nitrogens is 1. The van der Waals surface area contributed by atoms with Crippen molar-refractivity contribution in [3.63, 3.8) is 0 Å². The average molecular weight is 279 g/mol. The van der Waals surface area contributed by atoms with E-state index in [1.54, 1.807) is 17.4 Å². The molecule has 0 atom stereocenters. The maximum absolute atomic E-state index is 10.9. The number of methoxy groups -OCH3 is 1. The van der Waals surface area contributed by atoms with Gasteiger partial charge in [-0.3, -0.25) is 0 Å². The fraction of sp³-hybridized carbons (Fsp3) is 0.231. The van der Waals surface area contributed by atoms with Crippen molar-refractivity contribution in [1.29, 1.82) is 0 Å². The van der Waals surface area contributed by atoms with E-state index in [1.165, 1.54) is 19.2 Å². The van der Waals surface area contributed by atoms with Gasteiger partial charge in [0.1, 0.15) is 6.61 Å². The SMILES string of the molecule is COc1ccc(C(=O)O)cc1OCc1csc(C)n1. The highest BCUT2D eigenvalue weighted by Gasteiger charge is 2.10. The van der Waals surface area contributed by atoms with Gasteiger partial charge in [-0.05, 0) is 25.1 Å². The molecule has 0 saturated heterocycles. The zero-order valence-corrected chi connectivity index (χ0v) is 11.4. The van der Waals surface area contributed by atoms with Crippen molar-refractivity contribution in [2.24, 2.45) is 0 Å². The summed E-state index contributed by atoms with van der Waals surface area (Å²) in [5, 5.41) is 11.8. The average Bonchev–Trinajstić information content (AvgIpc) is 2.81. The maximum Gasteiger partial charge on any atom is 0.335 e. The Hall–Kier alpha value is -2.08. The lowest BCUT2D eigenvalue weighted by Crippen LogP contribution is -2.01. The van der Waals surface area contributed by atoms with Gasteiger partial charge in [0, 0.05) is 5.38 Å². The molecular formula is C13H13NO4S. The summed E-state index contributed by atoms with van der Waals surface area (Å²) >= 11 is 1.54. The van der Waals surface area contributed by atoms with Gasteiger partial charge >= 0.3 is 5.97 Å². The van der Waals surface area contributed by atoms with Gasteiger partial charge in [0.2, 0.25) is 0 Å². The van der Waals surface area contributed by atoms with Crippen LogP contribution < -0.4 is 9.47 Å². The van der Waals surface area contributed by atoms with Gasteiger partial charge in [-0.2, -0.15) is 0 Å². The predicted molar refractivity (Wildman–Crippen MR) is 71.1 cm³/mol. The first-order chi connectivity index (χ1) is 9.10. The number of hydrogen-bond acceptors (Lipinski definition) is 5. The molecule has 0 bridgehead atoms. The molecule has 0 fully saturated rings. The molecule has 0 amide bonds. The lowest BCUT2D eigenvalue weighted by atomic mass is 10.2. The first-order valence-electron chi connectivity index (χ1n) is 5.55. The number of thiazole rings is 1. The van der Waals surface area contributed by atoms with E-state index in [2.05, 4.69) is 4.98 Å². The Bertz CT molecular complexity index is 594. The Morgan fingerprint density at radius 3 is 2.79 bits per heavy atom. The third-order valence-electron chi connectivity index (χ3n) is 2.45. The molecular weight excluding hydrogens is 266 g/mol. The number of carboxylic acids is 1. The second-order valence-corrected chi connectivity index (χ2v) is 4.88. The van der Waals surface area contributed by atoms with E-state index in [0.717, 1.165) is 10.7 Å². The Morgan fingerprint density at radius 1 is 1.42 bits per heavy atom. The largest absolute Gasteiger partial charge is 0.493 e. The number of benzene rings is 1. The lowest BCUT2D eigenvalue weighted by Gasteiger charge is -2.10. The van der Waals surface area contributed by atoms with E-state index < -0.39 is 5.97 Å². The number of carboxylic acid groups (broad SMARTS) is 1. The first-order valence-corrected chi connectivity index (χ1v) is 6.43. The minimum absolute atomic E-state index is 0.158. The van der Waals surface area contributed by atoms with E-state index in [-0.39, 0.29) is 12.2 Å². The monoisotopic (exact) mass is 279 g/mol. The van der Waals surface area contributed by atoms with Crippen molar-refractivity contribution in [1.82, 2.24) is 4.98 Å². The van der Waals surface area contributed by atoms with E-state index >= 15 is 0 Å². The summed E-state index contributed by atoms with van der Waals surface area (Å²) in [5.74, 6) is -0.109. The molecule has 0 spiro atoms. The van der Waals surface area contributed by atoms with Crippen LogP contribution in [0.5, 0.6) is 11.5 Å². The second-order valence-electron chi connectivity index (χ2n) is 3.82. The van der Waals surface area contributed by atoms with Gasteiger partial charge in [-0.1, -0.05) is 0 Å². The summed E-state index contributed by atoms with van der Waals surface area (Å²) in [5.41, 5.74) is 0.968. The van der Waals surface area contributed by atoms with E-state index in [9.17, 15) is 4.79 Å². The van der Waals surface area contributed by atoms with E-state index in [4.69, 9.17) is 14.6 Å². The van der Waals surface area contributed by atoms with Gasteiger partial charge < -0.3 is 14.6 Å². The number of rotatable bonds is 5. The molecule has 1 N–H and O–H groups in total. The first kappa shape index (κ1) is 13.4. The highest BCUT2D eigenvalue weighted by molar-refractivity contribution is 7.09. The van der Waals surface area contributed by atoms with Crippen LogP contribution in [-0.4, -0.2) is 23.2 Å². The molecule has 0 aliphatic carbocycles. The second kappa shape index (κ2) is 5.71. The van der Waals surface area contributed by atoms with Crippen molar-refractivity contribution in [3.05, 3.63) is 39.8 Å². The zero-order valence-electron chi connectivity index (χ0n) is 10.5. The van der Waals surface area contributed by atoms with Crippen molar-refractivity contribution in [3.8, 4) is 11.5 Å². The summed E-state index contributed by atoms with van der Waals surface area (Å²) in [7, 11) is 1.51. The van der Waals surface area contributed by atoms with E-state index in [1.807, 2.05) is 12.3 Å². The van der Waals surface area contributed by atoms with Gasteiger partial charge in [-0.25, -0.2) is 9.78 Å². The summed E-state index contributed by atoms with van der Waals surface area (Å²) in [6.45, 7) is 2.20. The van der Waals surface area contributed by atoms with Crippen LogP contribution in [0.25, 0.3) is 0 Å². The molecule has 19 heavy (non-hydrogen) atoms. The summed E-state index contributed by atoms with van der Waals surface area (Å²) < 4.78 is 10.7. The Balaban J connectivity index is 2.17. The van der Waals surface area contributed by atoms with Crippen LogP contribution in [-0.2, 0) is 6.61 Å². The highest BCUT2D eigenvalue weighted by Crippen LogP contribution is 2.29. The van der Waals surface area contributed by atoms with Crippen LogP contribution in [0, 0.1) is 6.92 Å². The number of aromatic carboxylic acids is 1. The van der Waals surface area contributed by atoms with Gasteiger partial charge in [0.15, 0.2) is 11.5 Å². The molecule has 6 heteroatoms. The molecule has 1 aromatic carbocycles. The van der Waals surface area contributed by atoms with Crippen molar-refractivity contribution in [2.75, 3.05) is 7.11 Å². The molecule has 0 unspecified atom stereocenters. The number of ether oxygens (including phenoxy) is 2. The lowest BCUT2D eigenvalue weighted by molar-refractivity contribution is 0.0696. The van der Waals surface area contributed by atoms with Crippen molar-refractivity contribution >= 4 is 17.3 Å². The third kappa shape index (κ3) is 3.23. The van der Waals surface area contributed by atoms with Gasteiger partial charge in [0.25, 0.3) is 0 Å². The molecule has 100 valence electrons. The highest BCUT2D eigenvalue weighted by atomic mass is 32.1. The van der Waals surface area contributed by atoms with Crippen LogP contribution in [0.2, 0.25) is 0 Å². The molecule has 2 aromatic rings. The number of hydrogen-bond donors (Lipinski definition) is 1. The van der Waals surface area contributed by atoms with Crippen LogP contribution in [0.4, 0.5) is 0 Å². The Kier molecular flexibility index (Phi) is 4.01. The zero-order chi connectivity index (χ0) is 13.8. The van der Waals surface area contributed by atoms with Crippen LogP contribution in [0.1, 0.15) is 21.1 Å². The molecule has 0 aliphatic rings. The molecule has 5 nitrogen and oxygen atoms in total. The van der Waals surface area contributed by atoms with Crippen LogP contribution >= 0.6 is 11.3 Å². The molecule has 2 rings (SSSR count). The van der Waals surface area contributed by atoms with Crippen molar-refractivity contribution in [2.45, 2.75) is 13.5 Å². The fourth-order valence-electron chi connectivity index (χ4n) is 1.55. The molecule has 0 saturated carbocycles. The summed E-state index contributed by atoms with van der Waals surface area (Å²) in [6, 6.07) is 4.49. The van der Waals surface area contributed by atoms with Gasteiger partial charge in [0.05, 0.1) is 23.4 Å². The smallest absolute Gasteiger partial charge is 0.335 e.